The molecule has 23 heavy (non-hydrogen) atoms. The maximum atomic E-state index is 13.1. The molecule has 0 bridgehead atoms. The van der Waals surface area contributed by atoms with Gasteiger partial charge in [-0.2, -0.15) is 0 Å². The maximum Gasteiger partial charge on any atom is 0.238 e. The second-order valence-electron chi connectivity index (χ2n) is 6.79. The summed E-state index contributed by atoms with van der Waals surface area (Å²) in [6.07, 6.45) is 11.8. The van der Waals surface area contributed by atoms with E-state index in [-0.39, 0.29) is 11.7 Å². The molecule has 1 heterocycles. The van der Waals surface area contributed by atoms with E-state index >= 15 is 0 Å². The van der Waals surface area contributed by atoms with Crippen LogP contribution >= 0.6 is 0 Å². The summed E-state index contributed by atoms with van der Waals surface area (Å²) in [6, 6.07) is 6.32. The van der Waals surface area contributed by atoms with E-state index in [1.165, 1.54) is 17.7 Å². The number of allylic oxidation sites excluding steroid dienone is 1. The highest BCUT2D eigenvalue weighted by Gasteiger charge is 2.57. The standard InChI is InChI=1S/C19H18FN2O/c1-3-19(23)9-8-14-10-17-13(11-18(14,19)2)12-21-22(17)16-6-4-15(20)5-7-16/h1,4-7,10,12-13,23H,8-9,11H2,2H3/q+1/t13?,18-,19-/m0/s1. The molecule has 2 aliphatic carbocycles. The number of halogens is 1. The van der Waals surface area contributed by atoms with Crippen molar-refractivity contribution in [2.45, 2.75) is 31.8 Å². The Kier molecular flexibility index (Phi) is 2.88. The Labute approximate surface area is 134 Å². The Morgan fingerprint density at radius 1 is 1.39 bits per heavy atom. The highest BCUT2D eigenvalue weighted by molar-refractivity contribution is 6.06. The number of terminal acetylenes is 1. The monoisotopic (exact) mass is 309 g/mol. The Bertz CT molecular complexity index is 815. The van der Waals surface area contributed by atoms with Crippen LogP contribution in [0.1, 0.15) is 26.2 Å². The molecule has 3 aliphatic rings. The molecule has 0 aromatic heterocycles. The molecule has 4 heteroatoms. The lowest BCUT2D eigenvalue weighted by molar-refractivity contribution is -0.441. The molecular weight excluding hydrogens is 291 g/mol. The first-order chi connectivity index (χ1) is 11.0. The fourth-order valence-corrected chi connectivity index (χ4v) is 4.08. The van der Waals surface area contributed by atoms with Gasteiger partial charge in [0.1, 0.15) is 11.4 Å². The minimum Gasteiger partial charge on any atom is -0.377 e. The zero-order valence-corrected chi connectivity index (χ0v) is 13.0. The number of aliphatic hydroxyl groups is 1. The molecule has 1 aromatic rings. The van der Waals surface area contributed by atoms with Crippen LogP contribution in [-0.2, 0) is 0 Å². The summed E-state index contributed by atoms with van der Waals surface area (Å²) in [7, 11) is 0. The molecule has 4 rings (SSSR count). The van der Waals surface area contributed by atoms with Crippen LogP contribution in [0.15, 0.2) is 41.0 Å². The number of hydrogen-bond donors (Lipinski definition) is 1. The largest absolute Gasteiger partial charge is 0.377 e. The van der Waals surface area contributed by atoms with Gasteiger partial charge in [0.25, 0.3) is 0 Å². The van der Waals surface area contributed by atoms with Crippen LogP contribution in [0, 0.1) is 29.5 Å². The van der Waals surface area contributed by atoms with Crippen LogP contribution in [0.3, 0.4) is 0 Å². The third-order valence-corrected chi connectivity index (χ3v) is 5.62. The summed E-state index contributed by atoms with van der Waals surface area (Å²) >= 11 is 0. The average molecular weight is 309 g/mol. The fraction of sp³-hybridized carbons (Fsp3) is 0.368. The van der Waals surface area contributed by atoms with Gasteiger partial charge in [0, 0.05) is 23.6 Å². The van der Waals surface area contributed by atoms with Crippen molar-refractivity contribution in [3.8, 4) is 12.3 Å². The molecule has 0 spiro atoms. The molecule has 0 radical (unpaired) electrons. The minimum atomic E-state index is -1.08. The van der Waals surface area contributed by atoms with Gasteiger partial charge in [-0.3, -0.25) is 0 Å². The average Bonchev–Trinajstić information content (AvgIpc) is 3.05. The zero-order chi connectivity index (χ0) is 16.2. The lowest BCUT2D eigenvalue weighted by atomic mass is 9.65. The zero-order valence-electron chi connectivity index (χ0n) is 13.0. The predicted molar refractivity (Wildman–Crippen MR) is 87.1 cm³/mol. The van der Waals surface area contributed by atoms with Gasteiger partial charge in [0.2, 0.25) is 11.4 Å². The molecule has 1 N–H and O–H groups in total. The van der Waals surface area contributed by atoms with E-state index in [1.807, 2.05) is 10.9 Å². The van der Waals surface area contributed by atoms with Gasteiger partial charge < -0.3 is 5.11 Å². The van der Waals surface area contributed by atoms with Crippen molar-refractivity contribution in [2.24, 2.45) is 16.4 Å². The van der Waals surface area contributed by atoms with E-state index in [9.17, 15) is 9.50 Å². The van der Waals surface area contributed by atoms with Gasteiger partial charge in [-0.15, -0.1) is 6.42 Å². The van der Waals surface area contributed by atoms with Crippen molar-refractivity contribution in [1.82, 2.24) is 0 Å². The van der Waals surface area contributed by atoms with E-state index in [0.717, 1.165) is 24.2 Å². The molecule has 1 aliphatic heterocycles. The topological polar surface area (TPSA) is 35.6 Å². The number of rotatable bonds is 1. The highest BCUT2D eigenvalue weighted by atomic mass is 19.1. The second kappa shape index (κ2) is 4.62. The first-order valence-electron chi connectivity index (χ1n) is 7.85. The van der Waals surface area contributed by atoms with E-state index in [0.29, 0.717) is 6.42 Å². The lowest BCUT2D eigenvalue weighted by Crippen LogP contribution is -2.45. The third kappa shape index (κ3) is 1.87. The molecule has 0 amide bonds. The Morgan fingerprint density at radius 2 is 2.13 bits per heavy atom. The van der Waals surface area contributed by atoms with E-state index in [2.05, 4.69) is 24.0 Å². The van der Waals surface area contributed by atoms with Crippen LogP contribution < -0.4 is 0 Å². The van der Waals surface area contributed by atoms with Gasteiger partial charge in [-0.1, -0.05) is 18.4 Å². The Balaban J connectivity index is 1.82. The molecular formula is C19H18FN2O+. The number of hydrazone groups is 1. The van der Waals surface area contributed by atoms with Crippen LogP contribution in [0.2, 0.25) is 0 Å². The van der Waals surface area contributed by atoms with Crippen molar-refractivity contribution < 1.29 is 14.2 Å². The normalized spacial score (nSPS) is 34.9. The van der Waals surface area contributed by atoms with Crippen LogP contribution in [0.4, 0.5) is 10.1 Å². The summed E-state index contributed by atoms with van der Waals surface area (Å²) in [5.74, 6) is 2.47. The van der Waals surface area contributed by atoms with E-state index in [1.54, 1.807) is 12.1 Å². The first kappa shape index (κ1) is 14.3. The summed E-state index contributed by atoms with van der Waals surface area (Å²) in [6.45, 7) is 2.05. The van der Waals surface area contributed by atoms with E-state index in [4.69, 9.17) is 6.42 Å². The quantitative estimate of drug-likeness (QED) is 0.628. The first-order valence-corrected chi connectivity index (χ1v) is 7.85. The smallest absolute Gasteiger partial charge is 0.238 e. The van der Waals surface area contributed by atoms with Gasteiger partial charge >= 0.3 is 0 Å². The molecule has 1 aromatic carbocycles. The summed E-state index contributed by atoms with van der Waals surface area (Å²) in [5.41, 5.74) is 1.61. The Morgan fingerprint density at radius 3 is 2.83 bits per heavy atom. The number of nitrogens with zero attached hydrogens (tertiary/aromatic N) is 2. The van der Waals surface area contributed by atoms with Crippen molar-refractivity contribution in [3.05, 3.63) is 41.7 Å². The van der Waals surface area contributed by atoms with Crippen molar-refractivity contribution in [2.75, 3.05) is 0 Å². The minimum absolute atomic E-state index is 0.117. The molecule has 1 fully saturated rings. The van der Waals surface area contributed by atoms with Gasteiger partial charge in [-0.05, 0) is 41.2 Å². The number of hydrogen-bond acceptors (Lipinski definition) is 2. The van der Waals surface area contributed by atoms with Crippen molar-refractivity contribution in [1.29, 1.82) is 0 Å². The van der Waals surface area contributed by atoms with Crippen LogP contribution in [-0.4, -0.2) is 27.3 Å². The van der Waals surface area contributed by atoms with Gasteiger partial charge in [0.05, 0.1) is 12.1 Å². The van der Waals surface area contributed by atoms with Gasteiger partial charge in [0.15, 0.2) is 0 Å². The molecule has 0 saturated heterocycles. The second-order valence-corrected chi connectivity index (χ2v) is 6.79. The third-order valence-electron chi connectivity index (χ3n) is 5.62. The maximum absolute atomic E-state index is 13.1. The molecule has 3 atom stereocenters. The van der Waals surface area contributed by atoms with E-state index < -0.39 is 11.0 Å². The summed E-state index contributed by atoms with van der Waals surface area (Å²) in [5, 5.41) is 15.3. The highest BCUT2D eigenvalue weighted by Crippen LogP contribution is 2.55. The van der Waals surface area contributed by atoms with Crippen molar-refractivity contribution in [3.63, 3.8) is 0 Å². The number of benzene rings is 1. The SMILES string of the molecule is C#C[C@]1(O)CCC2=CC3=[N+](c4ccc(F)cc4)N=CC3C[C@@]21C. The van der Waals surface area contributed by atoms with Gasteiger partial charge in [-0.25, -0.2) is 4.39 Å². The lowest BCUT2D eigenvalue weighted by Gasteiger charge is -2.39. The van der Waals surface area contributed by atoms with Crippen molar-refractivity contribution >= 4 is 17.6 Å². The molecule has 1 unspecified atom stereocenters. The summed E-state index contributed by atoms with van der Waals surface area (Å²) < 4.78 is 15.0. The summed E-state index contributed by atoms with van der Waals surface area (Å²) in [4.78, 5) is 0. The molecule has 1 saturated carbocycles. The predicted octanol–water partition coefficient (Wildman–Crippen LogP) is 3.02. The molecule has 116 valence electrons. The fourth-order valence-electron chi connectivity index (χ4n) is 4.08. The number of fused-ring (bicyclic) bond motifs is 2. The van der Waals surface area contributed by atoms with Crippen LogP contribution in [0.5, 0.6) is 0 Å². The Hall–Kier alpha value is -2.25. The molecule has 3 nitrogen and oxygen atoms in total. The van der Waals surface area contributed by atoms with Crippen LogP contribution in [0.25, 0.3) is 0 Å².